The molecule has 1 aromatic carbocycles. The Kier molecular flexibility index (Phi) is 9.37. The minimum absolute atomic E-state index is 0.229. The van der Waals surface area contributed by atoms with Crippen LogP contribution in [0.1, 0.15) is 75.2 Å². The van der Waals surface area contributed by atoms with Crippen molar-refractivity contribution < 1.29 is 14.4 Å². The largest absolute Gasteiger partial charge is 0.445 e. The molecule has 1 amide bonds. The van der Waals surface area contributed by atoms with E-state index in [4.69, 9.17) is 14.6 Å². The lowest BCUT2D eigenvalue weighted by Gasteiger charge is -2.42. The van der Waals surface area contributed by atoms with Crippen LogP contribution in [0.25, 0.3) is 11.0 Å². The standard InChI is InChI=1S/C32H43N5O3/c1-23(2)25-11-13-26(14-12-25)36-18-15-27(16-19-36)37-30(21-34-32(38)40-22-24-8-5-4-6-9-24)29(20-35-39-3)28-10-7-17-33-31(28)37/h4-10,17,20,23,25-27H,11-16,18-19,21-22H2,1-3H3,(H,34,38). The van der Waals surface area contributed by atoms with Gasteiger partial charge < -0.3 is 24.4 Å². The molecule has 3 aromatic rings. The van der Waals surface area contributed by atoms with E-state index in [1.807, 2.05) is 42.6 Å². The molecule has 5 rings (SSSR count). The highest BCUT2D eigenvalue weighted by molar-refractivity contribution is 5.99. The van der Waals surface area contributed by atoms with Crippen molar-refractivity contribution >= 4 is 23.3 Å². The Hall–Kier alpha value is -3.39. The molecular weight excluding hydrogens is 502 g/mol. The first-order chi connectivity index (χ1) is 19.5. The summed E-state index contributed by atoms with van der Waals surface area (Å²) in [6.07, 6.45) is 10.6. The Morgan fingerprint density at radius 2 is 1.80 bits per heavy atom. The number of carbonyl (C=O) groups excluding carboxylic acids is 1. The number of hydrogen-bond acceptors (Lipinski definition) is 6. The van der Waals surface area contributed by atoms with Crippen LogP contribution in [-0.4, -0.2) is 53.0 Å². The quantitative estimate of drug-likeness (QED) is 0.252. The minimum Gasteiger partial charge on any atom is -0.445 e. The van der Waals surface area contributed by atoms with Gasteiger partial charge in [-0.25, -0.2) is 9.78 Å². The third kappa shape index (κ3) is 6.49. The fourth-order valence-electron chi connectivity index (χ4n) is 6.61. The van der Waals surface area contributed by atoms with E-state index in [0.717, 1.165) is 65.6 Å². The number of ether oxygens (including phenoxy) is 1. The topological polar surface area (TPSA) is 81.0 Å². The number of pyridine rings is 1. The normalized spacial score (nSPS) is 20.8. The molecule has 1 N–H and O–H groups in total. The van der Waals surface area contributed by atoms with Crippen LogP contribution < -0.4 is 5.32 Å². The zero-order valence-corrected chi connectivity index (χ0v) is 24.1. The highest BCUT2D eigenvalue weighted by Crippen LogP contribution is 2.36. The predicted molar refractivity (Wildman–Crippen MR) is 158 cm³/mol. The molecule has 40 heavy (non-hydrogen) atoms. The van der Waals surface area contributed by atoms with Gasteiger partial charge in [-0.2, -0.15) is 0 Å². The van der Waals surface area contributed by atoms with Gasteiger partial charge in [0.25, 0.3) is 0 Å². The Labute approximate surface area is 237 Å². The summed E-state index contributed by atoms with van der Waals surface area (Å²) in [6.45, 7) is 7.45. The molecule has 2 fully saturated rings. The van der Waals surface area contributed by atoms with Gasteiger partial charge in [-0.3, -0.25) is 0 Å². The van der Waals surface area contributed by atoms with Crippen LogP contribution in [0, 0.1) is 11.8 Å². The number of fused-ring (bicyclic) bond motifs is 1. The third-order valence-electron chi connectivity index (χ3n) is 8.87. The highest BCUT2D eigenvalue weighted by atomic mass is 16.6. The van der Waals surface area contributed by atoms with Crippen molar-refractivity contribution in [3.05, 3.63) is 65.5 Å². The number of hydrogen-bond donors (Lipinski definition) is 1. The Bertz CT molecular complexity index is 1270. The molecule has 3 heterocycles. The summed E-state index contributed by atoms with van der Waals surface area (Å²) in [7, 11) is 1.54. The number of likely N-dealkylation sites (tertiary alicyclic amines) is 1. The summed E-state index contributed by atoms with van der Waals surface area (Å²) in [4.78, 5) is 25.2. The monoisotopic (exact) mass is 545 g/mol. The van der Waals surface area contributed by atoms with Crippen molar-refractivity contribution in [3.63, 3.8) is 0 Å². The Morgan fingerprint density at radius 1 is 1.05 bits per heavy atom. The molecule has 8 nitrogen and oxygen atoms in total. The van der Waals surface area contributed by atoms with E-state index in [2.05, 4.69) is 39.9 Å². The van der Waals surface area contributed by atoms with Crippen molar-refractivity contribution in [2.45, 2.75) is 77.6 Å². The van der Waals surface area contributed by atoms with E-state index in [1.54, 1.807) is 6.21 Å². The van der Waals surface area contributed by atoms with Crippen LogP contribution in [0.4, 0.5) is 4.79 Å². The molecule has 0 bridgehead atoms. The van der Waals surface area contributed by atoms with E-state index in [-0.39, 0.29) is 6.61 Å². The second kappa shape index (κ2) is 13.3. The van der Waals surface area contributed by atoms with Gasteiger partial charge in [0.15, 0.2) is 0 Å². The molecule has 1 saturated carbocycles. The van der Waals surface area contributed by atoms with E-state index < -0.39 is 6.09 Å². The van der Waals surface area contributed by atoms with Crippen molar-refractivity contribution in [2.75, 3.05) is 20.2 Å². The predicted octanol–water partition coefficient (Wildman–Crippen LogP) is 6.29. The molecule has 1 aliphatic heterocycles. The number of oxime groups is 1. The van der Waals surface area contributed by atoms with Crippen molar-refractivity contribution in [3.8, 4) is 0 Å². The molecule has 0 unspecified atom stereocenters. The van der Waals surface area contributed by atoms with Crippen LogP contribution in [0.5, 0.6) is 0 Å². The van der Waals surface area contributed by atoms with Crippen molar-refractivity contribution in [2.24, 2.45) is 17.0 Å². The summed E-state index contributed by atoms with van der Waals surface area (Å²) < 4.78 is 7.82. The number of nitrogens with zero attached hydrogens (tertiary/aromatic N) is 4. The molecule has 1 aliphatic carbocycles. The van der Waals surface area contributed by atoms with Gasteiger partial charge in [0.05, 0.1) is 12.8 Å². The smallest absolute Gasteiger partial charge is 0.407 e. The van der Waals surface area contributed by atoms with Crippen LogP contribution in [-0.2, 0) is 22.7 Å². The fraction of sp³-hybridized carbons (Fsp3) is 0.531. The number of benzene rings is 1. The van der Waals surface area contributed by atoms with Gasteiger partial charge in [0.2, 0.25) is 0 Å². The lowest BCUT2D eigenvalue weighted by atomic mass is 9.79. The molecule has 0 atom stereocenters. The lowest BCUT2D eigenvalue weighted by Crippen LogP contribution is -2.44. The third-order valence-corrected chi connectivity index (χ3v) is 8.87. The van der Waals surface area contributed by atoms with Gasteiger partial charge in [-0.1, -0.05) is 49.3 Å². The zero-order chi connectivity index (χ0) is 27.9. The number of nitrogens with one attached hydrogen (secondary N) is 1. The second-order valence-electron chi connectivity index (χ2n) is 11.5. The first-order valence-corrected chi connectivity index (χ1v) is 14.8. The minimum atomic E-state index is -0.449. The molecule has 0 spiro atoms. The summed E-state index contributed by atoms with van der Waals surface area (Å²) in [5.74, 6) is 1.67. The molecule has 8 heteroatoms. The van der Waals surface area contributed by atoms with Crippen molar-refractivity contribution in [1.82, 2.24) is 19.8 Å². The van der Waals surface area contributed by atoms with E-state index in [1.165, 1.54) is 32.8 Å². The molecule has 0 radical (unpaired) electrons. The fourth-order valence-corrected chi connectivity index (χ4v) is 6.61. The number of piperidine rings is 1. The van der Waals surface area contributed by atoms with Gasteiger partial charge >= 0.3 is 6.09 Å². The zero-order valence-electron chi connectivity index (χ0n) is 24.1. The Balaban J connectivity index is 1.31. The Morgan fingerprint density at radius 3 is 2.50 bits per heavy atom. The molecule has 214 valence electrons. The number of carbonyl (C=O) groups is 1. The maximum Gasteiger partial charge on any atom is 0.407 e. The van der Waals surface area contributed by atoms with Crippen molar-refractivity contribution in [1.29, 1.82) is 0 Å². The maximum atomic E-state index is 12.7. The number of aromatic nitrogens is 2. The van der Waals surface area contributed by atoms with Crippen LogP contribution in [0.15, 0.2) is 53.8 Å². The molecule has 2 aromatic heterocycles. The van der Waals surface area contributed by atoms with Gasteiger partial charge in [0.1, 0.15) is 19.4 Å². The maximum absolute atomic E-state index is 12.7. The van der Waals surface area contributed by atoms with Crippen LogP contribution in [0.3, 0.4) is 0 Å². The second-order valence-corrected chi connectivity index (χ2v) is 11.5. The molecule has 2 aliphatic rings. The first-order valence-electron chi connectivity index (χ1n) is 14.8. The van der Waals surface area contributed by atoms with Gasteiger partial charge in [0, 0.05) is 48.0 Å². The first kappa shape index (κ1) is 28.1. The molecular formula is C32H43N5O3. The van der Waals surface area contributed by atoms with E-state index in [9.17, 15) is 4.79 Å². The number of rotatable bonds is 9. The summed E-state index contributed by atoms with van der Waals surface area (Å²) in [6, 6.07) is 14.7. The summed E-state index contributed by atoms with van der Waals surface area (Å²) >= 11 is 0. The summed E-state index contributed by atoms with van der Waals surface area (Å²) in [5.41, 5.74) is 3.77. The number of amides is 1. The highest BCUT2D eigenvalue weighted by Gasteiger charge is 2.32. The average Bonchev–Trinajstić information content (AvgIpc) is 3.31. The van der Waals surface area contributed by atoms with Gasteiger partial charge in [-0.15, -0.1) is 0 Å². The van der Waals surface area contributed by atoms with Crippen LogP contribution >= 0.6 is 0 Å². The number of alkyl carbamates (subject to hydrolysis) is 1. The van der Waals surface area contributed by atoms with E-state index >= 15 is 0 Å². The summed E-state index contributed by atoms with van der Waals surface area (Å²) in [5, 5.41) is 8.07. The average molecular weight is 546 g/mol. The lowest BCUT2D eigenvalue weighted by molar-refractivity contribution is 0.0887. The van der Waals surface area contributed by atoms with Gasteiger partial charge in [-0.05, 0) is 68.1 Å². The van der Waals surface area contributed by atoms with E-state index in [0.29, 0.717) is 18.6 Å². The van der Waals surface area contributed by atoms with Crippen LogP contribution in [0.2, 0.25) is 0 Å². The SMILES string of the molecule is CON=Cc1c(CNC(=O)OCc2ccccc2)n(C2CCN(C3CCC(C(C)C)CC3)CC2)c2ncccc12. The molecule has 1 saturated heterocycles.